The Kier molecular flexibility index (Phi) is 2.40. The van der Waals surface area contributed by atoms with Crippen LogP contribution in [-0.4, -0.2) is 26.4 Å². The summed E-state index contributed by atoms with van der Waals surface area (Å²) in [5.74, 6) is 0.788. The van der Waals surface area contributed by atoms with Crippen LogP contribution in [0.4, 0.5) is 4.39 Å². The van der Waals surface area contributed by atoms with Gasteiger partial charge in [0.1, 0.15) is 12.9 Å². The van der Waals surface area contributed by atoms with Crippen LogP contribution >= 0.6 is 0 Å². The number of hydrogen-bond donors (Lipinski definition) is 1. The lowest BCUT2D eigenvalue weighted by molar-refractivity contribution is 0.214. The van der Waals surface area contributed by atoms with Gasteiger partial charge in [-0.2, -0.15) is 0 Å². The van der Waals surface area contributed by atoms with Gasteiger partial charge in [-0.15, -0.1) is 0 Å². The molecule has 3 nitrogen and oxygen atoms in total. The Morgan fingerprint density at radius 1 is 1.47 bits per heavy atom. The van der Waals surface area contributed by atoms with Crippen molar-refractivity contribution in [2.24, 2.45) is 17.0 Å². The summed E-state index contributed by atoms with van der Waals surface area (Å²) in [6, 6.07) is 6.83. The van der Waals surface area contributed by atoms with Gasteiger partial charge in [0.15, 0.2) is 0 Å². The fourth-order valence-corrected chi connectivity index (χ4v) is 3.18. The lowest BCUT2D eigenvalue weighted by Gasteiger charge is -2.14. The molecule has 1 aliphatic heterocycles. The first kappa shape index (κ1) is 10.7. The summed E-state index contributed by atoms with van der Waals surface area (Å²) < 4.78 is 12.9. The molecule has 3 rings (SSSR count). The van der Waals surface area contributed by atoms with E-state index in [-0.39, 0.29) is 11.2 Å². The van der Waals surface area contributed by atoms with E-state index < -0.39 is 0 Å². The molecule has 0 bridgehead atoms. The number of nitrogens with one attached hydrogen (secondary N) is 1. The zero-order chi connectivity index (χ0) is 11.9. The van der Waals surface area contributed by atoms with Gasteiger partial charge in [0.25, 0.3) is 0 Å². The van der Waals surface area contributed by atoms with Crippen LogP contribution in [0.2, 0.25) is 0 Å². The lowest BCUT2D eigenvalue weighted by Crippen LogP contribution is -2.23. The Labute approximate surface area is 99.7 Å². The second-order valence-corrected chi connectivity index (χ2v) is 4.75. The fourth-order valence-electron chi connectivity index (χ4n) is 3.18. The first-order chi connectivity index (χ1) is 8.29. The van der Waals surface area contributed by atoms with Crippen LogP contribution in [0.15, 0.2) is 29.4 Å². The summed E-state index contributed by atoms with van der Waals surface area (Å²) in [6.07, 6.45) is 1.88. The van der Waals surface area contributed by atoms with Gasteiger partial charge in [-0.1, -0.05) is 17.3 Å². The number of oxime groups is 1. The minimum absolute atomic E-state index is 0.107. The number of piperidine rings is 1. The minimum atomic E-state index is -0.185. The molecule has 2 aliphatic rings. The van der Waals surface area contributed by atoms with Crippen molar-refractivity contribution in [3.63, 3.8) is 0 Å². The predicted octanol–water partition coefficient (Wildman–Crippen LogP) is 1.54. The Morgan fingerprint density at radius 3 is 2.94 bits per heavy atom. The van der Waals surface area contributed by atoms with E-state index in [1.165, 1.54) is 17.7 Å². The van der Waals surface area contributed by atoms with E-state index in [4.69, 9.17) is 4.84 Å². The van der Waals surface area contributed by atoms with E-state index in [9.17, 15) is 4.39 Å². The topological polar surface area (TPSA) is 33.6 Å². The van der Waals surface area contributed by atoms with E-state index in [1.54, 1.807) is 7.11 Å². The van der Waals surface area contributed by atoms with Crippen LogP contribution in [0, 0.1) is 17.7 Å². The highest BCUT2D eigenvalue weighted by molar-refractivity contribution is 5.71. The van der Waals surface area contributed by atoms with Crippen molar-refractivity contribution in [2.75, 3.05) is 20.2 Å². The molecular formula is C13H15FN2O. The maximum atomic E-state index is 12.9. The molecule has 1 heterocycles. The van der Waals surface area contributed by atoms with E-state index >= 15 is 0 Å². The van der Waals surface area contributed by atoms with E-state index in [0.717, 1.165) is 13.1 Å². The number of halogens is 1. The third kappa shape index (κ3) is 1.47. The normalized spacial score (nSPS) is 34.9. The molecule has 3 atom stereocenters. The summed E-state index contributed by atoms with van der Waals surface area (Å²) >= 11 is 0. The summed E-state index contributed by atoms with van der Waals surface area (Å²) in [6.45, 7) is 1.93. The van der Waals surface area contributed by atoms with Gasteiger partial charge in [-0.05, 0) is 30.2 Å². The van der Waals surface area contributed by atoms with Gasteiger partial charge >= 0.3 is 0 Å². The first-order valence-corrected chi connectivity index (χ1v) is 5.82. The second kappa shape index (κ2) is 3.81. The van der Waals surface area contributed by atoms with Crippen LogP contribution in [0.1, 0.15) is 5.56 Å². The molecule has 1 aliphatic carbocycles. The van der Waals surface area contributed by atoms with Crippen LogP contribution in [0.25, 0.3) is 0 Å². The van der Waals surface area contributed by atoms with Crippen LogP contribution < -0.4 is 5.32 Å². The minimum Gasteiger partial charge on any atom is -0.399 e. The molecule has 3 unspecified atom stereocenters. The Balaban J connectivity index is 1.90. The SMILES string of the molecule is CO/N=C\C1C2CNCC12c1ccc(F)cc1. The average Bonchev–Trinajstić information content (AvgIpc) is 2.74. The maximum Gasteiger partial charge on any atom is 0.123 e. The van der Waals surface area contributed by atoms with Gasteiger partial charge in [0.2, 0.25) is 0 Å². The third-order valence-electron chi connectivity index (χ3n) is 4.07. The van der Waals surface area contributed by atoms with Gasteiger partial charge in [0.05, 0.1) is 0 Å². The third-order valence-corrected chi connectivity index (χ3v) is 4.07. The quantitative estimate of drug-likeness (QED) is 0.636. The van der Waals surface area contributed by atoms with Crippen molar-refractivity contribution in [1.82, 2.24) is 5.32 Å². The van der Waals surface area contributed by atoms with Gasteiger partial charge < -0.3 is 10.2 Å². The molecule has 1 saturated carbocycles. The van der Waals surface area contributed by atoms with Crippen molar-refractivity contribution >= 4 is 6.21 Å². The highest BCUT2D eigenvalue weighted by Crippen LogP contribution is 2.61. The Bertz CT molecular complexity index is 445. The second-order valence-electron chi connectivity index (χ2n) is 4.75. The number of nitrogens with zero attached hydrogens (tertiary/aromatic N) is 1. The van der Waals surface area contributed by atoms with Gasteiger partial charge in [0, 0.05) is 24.1 Å². The zero-order valence-electron chi connectivity index (χ0n) is 9.69. The molecule has 1 aromatic carbocycles. The van der Waals surface area contributed by atoms with Crippen molar-refractivity contribution in [3.8, 4) is 0 Å². The summed E-state index contributed by atoms with van der Waals surface area (Å²) in [4.78, 5) is 4.75. The Morgan fingerprint density at radius 2 is 2.24 bits per heavy atom. The zero-order valence-corrected chi connectivity index (χ0v) is 9.69. The van der Waals surface area contributed by atoms with Gasteiger partial charge in [-0.25, -0.2) is 4.39 Å². The van der Waals surface area contributed by atoms with Crippen molar-refractivity contribution in [2.45, 2.75) is 5.41 Å². The van der Waals surface area contributed by atoms with Crippen LogP contribution in [0.3, 0.4) is 0 Å². The predicted molar refractivity (Wildman–Crippen MR) is 63.4 cm³/mol. The van der Waals surface area contributed by atoms with E-state index in [0.29, 0.717) is 11.8 Å². The molecule has 1 N–H and O–H groups in total. The fraction of sp³-hybridized carbons (Fsp3) is 0.462. The molecule has 2 fully saturated rings. The molecule has 0 radical (unpaired) electrons. The smallest absolute Gasteiger partial charge is 0.123 e. The Hall–Kier alpha value is -1.42. The molecule has 0 aromatic heterocycles. The van der Waals surface area contributed by atoms with E-state index in [2.05, 4.69) is 10.5 Å². The molecule has 0 amide bonds. The molecular weight excluding hydrogens is 219 g/mol. The number of fused-ring (bicyclic) bond motifs is 1. The van der Waals surface area contributed by atoms with Gasteiger partial charge in [-0.3, -0.25) is 0 Å². The molecule has 4 heteroatoms. The standard InChI is InChI=1S/C13H15FN2O/c1-17-16-7-12-11-6-15-8-13(11,12)9-2-4-10(14)5-3-9/h2-5,7,11-12,15H,6,8H2,1H3/b16-7-. The monoisotopic (exact) mass is 234 g/mol. The summed E-state index contributed by atoms with van der Waals surface area (Å²) in [5, 5.41) is 7.26. The van der Waals surface area contributed by atoms with Crippen molar-refractivity contribution < 1.29 is 9.23 Å². The van der Waals surface area contributed by atoms with Crippen molar-refractivity contribution in [1.29, 1.82) is 0 Å². The largest absolute Gasteiger partial charge is 0.399 e. The molecule has 1 aromatic rings. The summed E-state index contributed by atoms with van der Waals surface area (Å²) in [7, 11) is 1.55. The van der Waals surface area contributed by atoms with Crippen LogP contribution in [-0.2, 0) is 10.3 Å². The highest BCUT2D eigenvalue weighted by atomic mass is 19.1. The molecule has 0 spiro atoms. The number of hydrogen-bond acceptors (Lipinski definition) is 3. The maximum absolute atomic E-state index is 12.9. The number of rotatable bonds is 3. The first-order valence-electron chi connectivity index (χ1n) is 5.82. The molecule has 90 valence electrons. The van der Waals surface area contributed by atoms with E-state index in [1.807, 2.05) is 18.3 Å². The van der Waals surface area contributed by atoms with Crippen LogP contribution in [0.5, 0.6) is 0 Å². The summed E-state index contributed by atoms with van der Waals surface area (Å²) in [5.41, 5.74) is 1.30. The lowest BCUT2D eigenvalue weighted by atomic mass is 9.93. The average molecular weight is 234 g/mol. The highest BCUT2D eigenvalue weighted by Gasteiger charge is 2.67. The number of benzene rings is 1. The van der Waals surface area contributed by atoms with Crippen molar-refractivity contribution in [3.05, 3.63) is 35.6 Å². The molecule has 1 saturated heterocycles. The molecule has 17 heavy (non-hydrogen) atoms.